The van der Waals surface area contributed by atoms with Gasteiger partial charge in [0.05, 0.1) is 13.2 Å². The van der Waals surface area contributed by atoms with E-state index in [0.29, 0.717) is 0 Å². The van der Waals surface area contributed by atoms with Crippen LogP contribution in [-0.4, -0.2) is 29.4 Å². The van der Waals surface area contributed by atoms with Crippen LogP contribution in [-0.2, 0) is 15.7 Å². The Morgan fingerprint density at radius 2 is 2.10 bits per heavy atom. The summed E-state index contributed by atoms with van der Waals surface area (Å²) in [5.74, 6) is 0. The third-order valence-electron chi connectivity index (χ3n) is 1.33. The summed E-state index contributed by atoms with van der Waals surface area (Å²) in [7, 11) is -1.03. The molecule has 0 radical (unpaired) electrons. The molecule has 1 aliphatic heterocycles. The Hall–Kier alpha value is -0.220. The van der Waals surface area contributed by atoms with E-state index in [0.717, 1.165) is 31.8 Å². The molecule has 0 aliphatic carbocycles. The number of hydrogen-bond acceptors (Lipinski definition) is 2. The van der Waals surface area contributed by atoms with Gasteiger partial charge < -0.3 is 4.74 Å². The zero-order valence-corrected chi connectivity index (χ0v) is 6.82. The Morgan fingerprint density at radius 1 is 1.50 bits per heavy atom. The molecule has 0 spiro atoms. The lowest BCUT2D eigenvalue weighted by molar-refractivity contribution is 0.135. The maximum atomic E-state index is 10.6. The highest BCUT2D eigenvalue weighted by Gasteiger charge is 2.06. The van der Waals surface area contributed by atoms with Gasteiger partial charge in [-0.05, 0) is 0 Å². The summed E-state index contributed by atoms with van der Waals surface area (Å²) in [5.41, 5.74) is 1.03. The van der Waals surface area contributed by atoms with E-state index in [-0.39, 0.29) is 0 Å². The Balaban J connectivity index is 2.45. The fourth-order valence-electron chi connectivity index (χ4n) is 0.880. The van der Waals surface area contributed by atoms with Crippen molar-refractivity contribution in [2.24, 2.45) is 4.40 Å². The van der Waals surface area contributed by atoms with Crippen molar-refractivity contribution in [2.75, 3.05) is 19.5 Å². The normalized spacial score (nSPS) is 22.3. The first-order valence-electron chi connectivity index (χ1n) is 3.27. The SMILES string of the molecule is CS(=O)N=C1CCOCC1. The molecule has 0 bridgehead atoms. The molecule has 0 aromatic rings. The van der Waals surface area contributed by atoms with Gasteiger partial charge in [0.15, 0.2) is 0 Å². The second-order valence-corrected chi connectivity index (χ2v) is 3.22. The van der Waals surface area contributed by atoms with Gasteiger partial charge >= 0.3 is 0 Å². The van der Waals surface area contributed by atoms with Crippen molar-refractivity contribution >= 4 is 16.7 Å². The molecule has 1 atom stereocenters. The molecule has 0 saturated carbocycles. The van der Waals surface area contributed by atoms with E-state index in [1.54, 1.807) is 6.26 Å². The monoisotopic (exact) mass is 161 g/mol. The van der Waals surface area contributed by atoms with E-state index < -0.39 is 11.0 Å². The molecular weight excluding hydrogens is 150 g/mol. The second kappa shape index (κ2) is 3.83. The predicted molar refractivity (Wildman–Crippen MR) is 41.6 cm³/mol. The highest BCUT2D eigenvalue weighted by atomic mass is 32.2. The summed E-state index contributed by atoms with van der Waals surface area (Å²) in [6, 6.07) is 0. The quantitative estimate of drug-likeness (QED) is 0.562. The van der Waals surface area contributed by atoms with Crippen molar-refractivity contribution < 1.29 is 8.95 Å². The van der Waals surface area contributed by atoms with Crippen LogP contribution in [0.3, 0.4) is 0 Å². The van der Waals surface area contributed by atoms with Crippen molar-refractivity contribution in [3.63, 3.8) is 0 Å². The lowest BCUT2D eigenvalue weighted by atomic mass is 10.2. The second-order valence-electron chi connectivity index (χ2n) is 2.19. The maximum absolute atomic E-state index is 10.6. The topological polar surface area (TPSA) is 38.7 Å². The molecule has 1 saturated heterocycles. The van der Waals surface area contributed by atoms with Crippen molar-refractivity contribution in [3.05, 3.63) is 0 Å². The van der Waals surface area contributed by atoms with Crippen molar-refractivity contribution in [1.82, 2.24) is 0 Å². The van der Waals surface area contributed by atoms with Crippen LogP contribution in [0.25, 0.3) is 0 Å². The van der Waals surface area contributed by atoms with Gasteiger partial charge in [0.25, 0.3) is 0 Å². The van der Waals surface area contributed by atoms with Crippen LogP contribution >= 0.6 is 0 Å². The molecule has 58 valence electrons. The van der Waals surface area contributed by atoms with E-state index in [1.807, 2.05) is 0 Å². The number of ether oxygens (including phenoxy) is 1. The van der Waals surface area contributed by atoms with E-state index >= 15 is 0 Å². The zero-order chi connectivity index (χ0) is 7.40. The molecule has 1 fully saturated rings. The smallest absolute Gasteiger partial charge is 0.136 e. The summed E-state index contributed by atoms with van der Waals surface area (Å²) in [4.78, 5) is 0. The van der Waals surface area contributed by atoms with Gasteiger partial charge in [-0.25, -0.2) is 4.21 Å². The van der Waals surface area contributed by atoms with Gasteiger partial charge in [-0.2, -0.15) is 4.40 Å². The van der Waals surface area contributed by atoms with E-state index in [9.17, 15) is 4.21 Å². The van der Waals surface area contributed by atoms with Crippen molar-refractivity contribution in [3.8, 4) is 0 Å². The average Bonchev–Trinajstić information content (AvgIpc) is 1.88. The van der Waals surface area contributed by atoms with Gasteiger partial charge in [-0.3, -0.25) is 0 Å². The first-order valence-corrected chi connectivity index (χ1v) is 4.78. The molecule has 0 amide bonds. The lowest BCUT2D eigenvalue weighted by Crippen LogP contribution is -2.15. The van der Waals surface area contributed by atoms with Gasteiger partial charge in [-0.1, -0.05) is 0 Å². The highest BCUT2D eigenvalue weighted by molar-refractivity contribution is 7.83. The maximum Gasteiger partial charge on any atom is 0.136 e. The Kier molecular flexibility index (Phi) is 3.02. The third-order valence-corrected chi connectivity index (χ3v) is 1.84. The Labute approximate surface area is 63.1 Å². The first kappa shape index (κ1) is 7.88. The van der Waals surface area contributed by atoms with Gasteiger partial charge in [0, 0.05) is 24.8 Å². The molecule has 0 aromatic heterocycles. The van der Waals surface area contributed by atoms with Crippen LogP contribution in [0.4, 0.5) is 0 Å². The summed E-state index contributed by atoms with van der Waals surface area (Å²) in [5, 5.41) is 0. The Morgan fingerprint density at radius 3 is 2.60 bits per heavy atom. The van der Waals surface area contributed by atoms with Gasteiger partial charge in [-0.15, -0.1) is 0 Å². The van der Waals surface area contributed by atoms with Crippen LogP contribution in [0.15, 0.2) is 4.40 Å². The summed E-state index contributed by atoms with van der Waals surface area (Å²) in [6.07, 6.45) is 3.28. The predicted octanol–water partition coefficient (Wildman–Crippen LogP) is 0.531. The summed E-state index contributed by atoms with van der Waals surface area (Å²) >= 11 is 0. The van der Waals surface area contributed by atoms with Crippen LogP contribution in [0, 0.1) is 0 Å². The first-order chi connectivity index (χ1) is 4.79. The molecule has 10 heavy (non-hydrogen) atoms. The minimum Gasteiger partial charge on any atom is -0.381 e. The molecule has 1 rings (SSSR count). The largest absolute Gasteiger partial charge is 0.381 e. The number of hydrogen-bond donors (Lipinski definition) is 0. The number of rotatable bonds is 1. The van der Waals surface area contributed by atoms with Gasteiger partial charge in [0.1, 0.15) is 11.0 Å². The van der Waals surface area contributed by atoms with Crippen LogP contribution in [0.5, 0.6) is 0 Å². The molecule has 0 aromatic carbocycles. The molecule has 1 heterocycles. The minimum atomic E-state index is -1.03. The van der Waals surface area contributed by atoms with Crippen LogP contribution < -0.4 is 0 Å². The minimum absolute atomic E-state index is 0.732. The van der Waals surface area contributed by atoms with Crippen LogP contribution in [0.2, 0.25) is 0 Å². The number of nitrogens with zero attached hydrogens (tertiary/aromatic N) is 1. The third kappa shape index (κ3) is 2.58. The molecular formula is C6H11NO2S. The molecule has 4 heteroatoms. The fraction of sp³-hybridized carbons (Fsp3) is 0.833. The average molecular weight is 161 g/mol. The molecule has 3 nitrogen and oxygen atoms in total. The molecule has 0 N–H and O–H groups in total. The van der Waals surface area contributed by atoms with E-state index in [4.69, 9.17) is 4.74 Å². The zero-order valence-electron chi connectivity index (χ0n) is 6.00. The molecule has 1 aliphatic rings. The van der Waals surface area contributed by atoms with E-state index in [1.165, 1.54) is 0 Å². The van der Waals surface area contributed by atoms with Gasteiger partial charge in [0.2, 0.25) is 0 Å². The van der Waals surface area contributed by atoms with E-state index in [2.05, 4.69) is 4.40 Å². The Bertz CT molecular complexity index is 159. The van der Waals surface area contributed by atoms with Crippen molar-refractivity contribution in [1.29, 1.82) is 0 Å². The lowest BCUT2D eigenvalue weighted by Gasteiger charge is -2.11. The molecule has 1 unspecified atom stereocenters. The highest BCUT2D eigenvalue weighted by Crippen LogP contribution is 2.02. The van der Waals surface area contributed by atoms with Crippen molar-refractivity contribution in [2.45, 2.75) is 12.8 Å². The standard InChI is InChI=1S/C6H11NO2S/c1-10(8)7-6-2-4-9-5-3-6/h2-5H2,1H3. The summed E-state index contributed by atoms with van der Waals surface area (Å²) < 4.78 is 19.6. The summed E-state index contributed by atoms with van der Waals surface area (Å²) in [6.45, 7) is 1.46. The van der Waals surface area contributed by atoms with Crippen LogP contribution in [0.1, 0.15) is 12.8 Å². The fourth-order valence-corrected chi connectivity index (χ4v) is 1.43.